The summed E-state index contributed by atoms with van der Waals surface area (Å²) in [5.41, 5.74) is 8.15. The molecular weight excluding hydrogens is 410 g/mol. The van der Waals surface area contributed by atoms with E-state index < -0.39 is 17.9 Å². The van der Waals surface area contributed by atoms with Crippen molar-refractivity contribution >= 4 is 33.2 Å². The number of aryl methyl sites for hydroxylation is 1. The Morgan fingerprint density at radius 2 is 1.87 bits per heavy atom. The standard InChI is InChI=1S/C24H21N3O3S/c1-14(23(25)28)19(12-16-8-4-3-5-9-16)26-24(29)21-15(2)27-30-22(21)18-13-31-20-11-7-6-10-17(18)20/h3-11,13,19H,1,12H2,2H3,(H2,25,28)(H,26,29). The van der Waals surface area contributed by atoms with Crippen molar-refractivity contribution < 1.29 is 14.1 Å². The Labute approximate surface area is 183 Å². The van der Waals surface area contributed by atoms with Crippen LogP contribution >= 0.6 is 11.3 Å². The molecule has 0 saturated carbocycles. The van der Waals surface area contributed by atoms with Crippen LogP contribution in [-0.2, 0) is 11.2 Å². The van der Waals surface area contributed by atoms with E-state index in [4.69, 9.17) is 10.3 Å². The summed E-state index contributed by atoms with van der Waals surface area (Å²) in [6.07, 6.45) is 0.384. The maximum atomic E-state index is 13.3. The lowest BCUT2D eigenvalue weighted by Crippen LogP contribution is -2.41. The number of nitrogens with two attached hydrogens (primary N) is 1. The molecule has 7 heteroatoms. The molecule has 2 aromatic carbocycles. The number of hydrogen-bond donors (Lipinski definition) is 2. The van der Waals surface area contributed by atoms with Gasteiger partial charge in [-0.25, -0.2) is 0 Å². The van der Waals surface area contributed by atoms with Crippen molar-refractivity contribution in [2.45, 2.75) is 19.4 Å². The fourth-order valence-corrected chi connectivity index (χ4v) is 4.43. The van der Waals surface area contributed by atoms with Gasteiger partial charge in [-0.15, -0.1) is 11.3 Å². The lowest BCUT2D eigenvalue weighted by atomic mass is 9.98. The first-order chi connectivity index (χ1) is 15.0. The molecule has 6 nitrogen and oxygen atoms in total. The quantitative estimate of drug-likeness (QED) is 0.428. The number of hydrogen-bond acceptors (Lipinski definition) is 5. The van der Waals surface area contributed by atoms with Crippen molar-refractivity contribution in [1.82, 2.24) is 10.5 Å². The van der Waals surface area contributed by atoms with E-state index in [-0.39, 0.29) is 5.57 Å². The molecule has 4 aromatic rings. The van der Waals surface area contributed by atoms with E-state index in [1.165, 1.54) is 0 Å². The number of fused-ring (bicyclic) bond motifs is 1. The zero-order valence-corrected chi connectivity index (χ0v) is 17.7. The van der Waals surface area contributed by atoms with Crippen molar-refractivity contribution in [2.75, 3.05) is 0 Å². The van der Waals surface area contributed by atoms with Crippen LogP contribution in [0.3, 0.4) is 0 Å². The Bertz CT molecular complexity index is 1270. The van der Waals surface area contributed by atoms with Crippen LogP contribution < -0.4 is 11.1 Å². The summed E-state index contributed by atoms with van der Waals surface area (Å²) in [7, 11) is 0. The first kappa shape index (κ1) is 20.6. The van der Waals surface area contributed by atoms with E-state index in [9.17, 15) is 9.59 Å². The molecule has 2 aromatic heterocycles. The zero-order valence-electron chi connectivity index (χ0n) is 16.9. The first-order valence-corrected chi connectivity index (χ1v) is 10.6. The molecule has 1 unspecified atom stereocenters. The average molecular weight is 432 g/mol. The third-order valence-electron chi connectivity index (χ3n) is 5.14. The molecule has 1 atom stereocenters. The van der Waals surface area contributed by atoms with Crippen LogP contribution in [0.4, 0.5) is 0 Å². The number of nitrogens with zero attached hydrogens (tertiary/aromatic N) is 1. The summed E-state index contributed by atoms with van der Waals surface area (Å²) >= 11 is 1.57. The lowest BCUT2D eigenvalue weighted by molar-refractivity contribution is -0.114. The molecule has 0 spiro atoms. The molecule has 31 heavy (non-hydrogen) atoms. The maximum absolute atomic E-state index is 13.3. The van der Waals surface area contributed by atoms with Gasteiger partial charge in [0.2, 0.25) is 5.91 Å². The van der Waals surface area contributed by atoms with E-state index in [0.717, 1.165) is 21.2 Å². The van der Waals surface area contributed by atoms with Crippen LogP contribution in [0, 0.1) is 6.92 Å². The molecule has 2 amide bonds. The third-order valence-corrected chi connectivity index (χ3v) is 6.10. The van der Waals surface area contributed by atoms with Gasteiger partial charge in [-0.3, -0.25) is 9.59 Å². The van der Waals surface area contributed by atoms with Crippen molar-refractivity contribution in [3.63, 3.8) is 0 Å². The van der Waals surface area contributed by atoms with Gasteiger partial charge in [-0.2, -0.15) is 0 Å². The number of carbonyl (C=O) groups is 2. The predicted octanol–water partition coefficient (Wildman–Crippen LogP) is 4.25. The number of nitrogens with one attached hydrogen (secondary N) is 1. The third kappa shape index (κ3) is 4.13. The highest BCUT2D eigenvalue weighted by Gasteiger charge is 2.27. The highest BCUT2D eigenvalue weighted by atomic mass is 32.1. The number of aromatic nitrogens is 1. The zero-order chi connectivity index (χ0) is 22.0. The summed E-state index contributed by atoms with van der Waals surface area (Å²) in [4.78, 5) is 25.1. The van der Waals surface area contributed by atoms with Gasteiger partial charge in [-0.1, -0.05) is 60.3 Å². The van der Waals surface area contributed by atoms with E-state index in [1.54, 1.807) is 18.3 Å². The van der Waals surface area contributed by atoms with Crippen LogP contribution in [0.25, 0.3) is 21.4 Å². The van der Waals surface area contributed by atoms with Gasteiger partial charge >= 0.3 is 0 Å². The van der Waals surface area contributed by atoms with Gasteiger partial charge in [0, 0.05) is 26.6 Å². The molecule has 0 aliphatic heterocycles. The summed E-state index contributed by atoms with van der Waals surface area (Å²) in [5.74, 6) is -0.657. The second-order valence-electron chi connectivity index (χ2n) is 7.22. The van der Waals surface area contributed by atoms with Gasteiger partial charge in [0.15, 0.2) is 5.76 Å². The summed E-state index contributed by atoms with van der Waals surface area (Å²) in [6, 6.07) is 16.8. The number of thiophene rings is 1. The van der Waals surface area contributed by atoms with Crippen molar-refractivity contribution in [3.8, 4) is 11.3 Å². The molecule has 0 saturated heterocycles. The highest BCUT2D eigenvalue weighted by Crippen LogP contribution is 2.36. The summed E-state index contributed by atoms with van der Waals surface area (Å²) in [6.45, 7) is 5.51. The maximum Gasteiger partial charge on any atom is 0.257 e. The number of rotatable bonds is 7. The lowest BCUT2D eigenvalue weighted by Gasteiger charge is -2.19. The van der Waals surface area contributed by atoms with Crippen molar-refractivity contribution in [1.29, 1.82) is 0 Å². The summed E-state index contributed by atoms with van der Waals surface area (Å²) in [5, 5.41) is 9.87. The van der Waals surface area contributed by atoms with Crippen LogP contribution in [0.5, 0.6) is 0 Å². The van der Waals surface area contributed by atoms with Gasteiger partial charge in [0.25, 0.3) is 5.91 Å². The van der Waals surface area contributed by atoms with Crippen LogP contribution in [0.2, 0.25) is 0 Å². The molecule has 4 rings (SSSR count). The topological polar surface area (TPSA) is 98.2 Å². The Kier molecular flexibility index (Phi) is 5.68. The van der Waals surface area contributed by atoms with E-state index in [1.807, 2.05) is 60.0 Å². The molecule has 156 valence electrons. The Balaban J connectivity index is 1.68. The minimum atomic E-state index is -0.660. The second kappa shape index (κ2) is 8.57. The van der Waals surface area contributed by atoms with Gasteiger partial charge in [0.05, 0.1) is 11.7 Å². The second-order valence-corrected chi connectivity index (χ2v) is 8.13. The normalized spacial score (nSPS) is 11.9. The van der Waals surface area contributed by atoms with Gasteiger partial charge in [-0.05, 0) is 25.0 Å². The number of carbonyl (C=O) groups excluding carboxylic acids is 2. The number of primary amides is 1. The Morgan fingerprint density at radius 1 is 1.16 bits per heavy atom. The minimum Gasteiger partial charge on any atom is -0.366 e. The predicted molar refractivity (Wildman–Crippen MR) is 122 cm³/mol. The SMILES string of the molecule is C=C(C(N)=O)C(Cc1ccccc1)NC(=O)c1c(C)noc1-c1csc2ccccc12. The van der Waals surface area contributed by atoms with Crippen LogP contribution in [0.1, 0.15) is 21.6 Å². The highest BCUT2D eigenvalue weighted by molar-refractivity contribution is 7.17. The monoisotopic (exact) mass is 431 g/mol. The van der Waals surface area contributed by atoms with E-state index in [2.05, 4.69) is 17.1 Å². The average Bonchev–Trinajstić information content (AvgIpc) is 3.36. The molecule has 0 aliphatic carbocycles. The largest absolute Gasteiger partial charge is 0.366 e. The summed E-state index contributed by atoms with van der Waals surface area (Å²) < 4.78 is 6.64. The molecule has 0 radical (unpaired) electrons. The Hall–Kier alpha value is -3.71. The van der Waals surface area contributed by atoms with Crippen LogP contribution in [0.15, 0.2) is 76.7 Å². The van der Waals surface area contributed by atoms with E-state index >= 15 is 0 Å². The molecule has 2 heterocycles. The van der Waals surface area contributed by atoms with Gasteiger partial charge < -0.3 is 15.6 Å². The van der Waals surface area contributed by atoms with Crippen LogP contribution in [-0.4, -0.2) is 23.0 Å². The minimum absolute atomic E-state index is 0.133. The van der Waals surface area contributed by atoms with E-state index in [0.29, 0.717) is 23.4 Å². The fraction of sp³-hybridized carbons (Fsp3) is 0.125. The molecule has 0 bridgehead atoms. The number of benzene rings is 2. The Morgan fingerprint density at radius 3 is 2.61 bits per heavy atom. The first-order valence-electron chi connectivity index (χ1n) is 9.72. The fourth-order valence-electron chi connectivity index (χ4n) is 3.49. The molecular formula is C24H21N3O3S. The van der Waals surface area contributed by atoms with Gasteiger partial charge in [0.1, 0.15) is 5.56 Å². The molecule has 0 aliphatic rings. The smallest absolute Gasteiger partial charge is 0.257 e. The van der Waals surface area contributed by atoms with Crippen molar-refractivity contribution in [2.24, 2.45) is 5.73 Å². The molecule has 3 N–H and O–H groups in total. The molecule has 0 fully saturated rings. The van der Waals surface area contributed by atoms with Crippen molar-refractivity contribution in [3.05, 3.63) is 89.0 Å². The number of amides is 2.